The van der Waals surface area contributed by atoms with Gasteiger partial charge in [0.1, 0.15) is 0 Å². The maximum Gasteiger partial charge on any atom is 0.315 e. The smallest absolute Gasteiger partial charge is 0.315 e. The Balaban J connectivity index is -0.000000314. The Bertz CT molecular complexity index is 813. The van der Waals surface area contributed by atoms with Crippen LogP contribution in [0.25, 0.3) is 0 Å². The first-order chi connectivity index (χ1) is 23.9. The average Bonchev–Trinajstić information content (AvgIpc) is 3.71. The Labute approximate surface area is 309 Å². The average molecular weight is 716 g/mol. The summed E-state index contributed by atoms with van der Waals surface area (Å²) in [5, 5.41) is 12.1. The molecule has 2 saturated heterocycles. The van der Waals surface area contributed by atoms with Gasteiger partial charge in [-0.15, -0.1) is 0 Å². The van der Waals surface area contributed by atoms with Crippen LogP contribution in [0.4, 0.5) is 4.79 Å². The molecule has 0 saturated carbocycles. The summed E-state index contributed by atoms with van der Waals surface area (Å²) in [5.74, 6) is 1.00. The summed E-state index contributed by atoms with van der Waals surface area (Å²) in [6.45, 7) is 22.3. The normalized spacial score (nSPS) is 16.1. The molecule has 2 aliphatic heterocycles. The van der Waals surface area contributed by atoms with Gasteiger partial charge in [0.05, 0.1) is 45.1 Å². The van der Waals surface area contributed by atoms with E-state index >= 15 is 0 Å². The predicted octanol–water partition coefficient (Wildman–Crippen LogP) is 5.76. The Morgan fingerprint density at radius 3 is 1.92 bits per heavy atom. The zero-order valence-electron chi connectivity index (χ0n) is 33.9. The Kier molecular flexibility index (Phi) is 47.6. The standard InChI is InChI=1S/C21H39N5O5S.C5H5N.C3H8.3C2H6.CH4.B/c1-3-26(2)14-19(28)23-9-11-31-13-12-30-10-8-22-18(27)7-5-4-6-17-20-16(15-32-17)24-21(29)25-20;1-2-4-6-5-3-1;1-3-2;3*1-2;;/h16-17,20H,3-15H2,1-2H3,(H,22,27)(H,23,28)(H2,24,25,29);1-5H;3H2,1-2H3;3*1-2H3;1H4;/i;;;;;;1T;. The number of amides is 4. The van der Waals surface area contributed by atoms with Gasteiger partial charge in [-0.2, -0.15) is 11.8 Å². The van der Waals surface area contributed by atoms with Crippen LogP contribution in [0.15, 0.2) is 30.6 Å². The van der Waals surface area contributed by atoms with Crippen molar-refractivity contribution in [2.45, 2.75) is 119 Å². The lowest BCUT2D eigenvalue weighted by Crippen LogP contribution is -2.36. The van der Waals surface area contributed by atoms with E-state index in [9.17, 15) is 14.4 Å². The molecule has 287 valence electrons. The largest absolute Gasteiger partial charge is 0.377 e. The van der Waals surface area contributed by atoms with Crippen LogP contribution >= 0.6 is 11.8 Å². The van der Waals surface area contributed by atoms with E-state index in [1.165, 1.54) is 13.8 Å². The number of unbranched alkanes of at least 4 members (excludes halogenated alkanes) is 1. The number of hydrogen-bond acceptors (Lipinski definition) is 8. The van der Waals surface area contributed by atoms with Gasteiger partial charge in [-0.1, -0.05) is 88.6 Å². The molecule has 3 radical (unpaired) electrons. The first-order valence-corrected chi connectivity index (χ1v) is 18.9. The molecular formula is C36H74BN6O5S. The number of thioether (sulfide) groups is 1. The van der Waals surface area contributed by atoms with Crippen molar-refractivity contribution < 1.29 is 25.2 Å². The fourth-order valence-electron chi connectivity index (χ4n) is 3.94. The second-order valence-electron chi connectivity index (χ2n) is 9.85. The van der Waals surface area contributed by atoms with Crippen molar-refractivity contribution in [2.24, 2.45) is 0 Å². The third-order valence-electron chi connectivity index (χ3n) is 6.11. The Morgan fingerprint density at radius 1 is 0.918 bits per heavy atom. The minimum absolute atomic E-state index is 0. The van der Waals surface area contributed by atoms with Crippen LogP contribution in [-0.2, 0) is 19.1 Å². The molecule has 1 aromatic heterocycles. The molecule has 4 amide bonds. The lowest BCUT2D eigenvalue weighted by molar-refractivity contribution is -0.122. The highest BCUT2D eigenvalue weighted by molar-refractivity contribution is 8.00. The van der Waals surface area contributed by atoms with Gasteiger partial charge >= 0.3 is 6.03 Å². The molecular weight excluding hydrogens is 639 g/mol. The summed E-state index contributed by atoms with van der Waals surface area (Å²) in [5.41, 5.74) is 0. The number of rotatable bonds is 17. The maximum atomic E-state index is 11.9. The molecule has 0 spiro atoms. The van der Waals surface area contributed by atoms with Gasteiger partial charge in [0.2, 0.25) is 11.8 Å². The van der Waals surface area contributed by atoms with Crippen LogP contribution in [0.1, 0.15) is 103 Å². The third kappa shape index (κ3) is 33.9. The van der Waals surface area contributed by atoms with Gasteiger partial charge in [0.15, 0.2) is 0 Å². The molecule has 49 heavy (non-hydrogen) atoms. The lowest BCUT2D eigenvalue weighted by Gasteiger charge is -2.16. The van der Waals surface area contributed by atoms with Gasteiger partial charge in [-0.05, 0) is 38.6 Å². The number of aromatic nitrogens is 1. The van der Waals surface area contributed by atoms with Gasteiger partial charge < -0.3 is 30.7 Å². The summed E-state index contributed by atoms with van der Waals surface area (Å²) in [6, 6.07) is 6.14. The summed E-state index contributed by atoms with van der Waals surface area (Å²) in [4.78, 5) is 40.6. The van der Waals surface area contributed by atoms with Crippen molar-refractivity contribution >= 4 is 38.0 Å². The second-order valence-corrected chi connectivity index (χ2v) is 11.1. The van der Waals surface area contributed by atoms with E-state index in [4.69, 9.17) is 10.8 Å². The summed E-state index contributed by atoms with van der Waals surface area (Å²) < 4.78 is 16.6. The number of ether oxygens (including phenoxy) is 2. The first kappa shape index (κ1) is 53.4. The van der Waals surface area contributed by atoms with Crippen molar-refractivity contribution in [3.05, 3.63) is 30.6 Å². The van der Waals surface area contributed by atoms with Crippen LogP contribution in [0, 0.1) is 0 Å². The van der Waals surface area contributed by atoms with Crippen LogP contribution in [0.3, 0.4) is 0 Å². The van der Waals surface area contributed by atoms with E-state index in [1.54, 1.807) is 12.4 Å². The van der Waals surface area contributed by atoms with Crippen molar-refractivity contribution in [2.75, 3.05) is 65.4 Å². The number of likely N-dealkylation sites (N-methyl/N-ethyl adjacent to an activating group) is 1. The number of carbonyl (C=O) groups is 3. The monoisotopic (exact) mass is 716 g/mol. The molecule has 3 rings (SSSR count). The number of fused-ring (bicyclic) bond motifs is 1. The predicted molar refractivity (Wildman–Crippen MR) is 212 cm³/mol. The number of nitrogens with zero attached hydrogens (tertiary/aromatic N) is 2. The zero-order valence-corrected chi connectivity index (χ0v) is 33.8. The van der Waals surface area contributed by atoms with Crippen molar-refractivity contribution in [3.63, 3.8) is 0 Å². The van der Waals surface area contributed by atoms with Crippen LogP contribution in [0.5, 0.6) is 0 Å². The number of carbonyl (C=O) groups excluding carboxylic acids is 3. The zero-order chi connectivity index (χ0) is 38.1. The molecule has 2 fully saturated rings. The third-order valence-corrected chi connectivity index (χ3v) is 7.62. The summed E-state index contributed by atoms with van der Waals surface area (Å²) in [6.07, 6.45) is 8.11. The van der Waals surface area contributed by atoms with Crippen LogP contribution in [-0.4, -0.2) is 119 Å². The molecule has 0 aliphatic carbocycles. The minimum atomic E-state index is -0.0574. The molecule has 13 heteroatoms. The van der Waals surface area contributed by atoms with Crippen molar-refractivity contribution in [3.8, 4) is 0 Å². The van der Waals surface area contributed by atoms with E-state index in [0.29, 0.717) is 57.7 Å². The van der Waals surface area contributed by atoms with Gasteiger partial charge in [-0.25, -0.2) is 4.79 Å². The van der Waals surface area contributed by atoms with Crippen LogP contribution < -0.4 is 21.3 Å². The Hall–Kier alpha value is -2.35. The molecule has 0 bridgehead atoms. The van der Waals surface area contributed by atoms with Gasteiger partial charge in [0.25, 0.3) is 0 Å². The summed E-state index contributed by atoms with van der Waals surface area (Å²) in [7, 11) is 3.15. The molecule has 3 heterocycles. The van der Waals surface area contributed by atoms with Crippen molar-refractivity contribution in [1.82, 2.24) is 31.2 Å². The highest BCUT2D eigenvalue weighted by Gasteiger charge is 2.42. The topological polar surface area (TPSA) is 134 Å². The minimum Gasteiger partial charge on any atom is -0.377 e. The SMILES string of the molecule is CC.CC.CC.CCC.CCN(C)CC(=O)NCCOCCOCCNC(=O)CCCCC1SCC2NC(=O)NC21.[3H]C.[B].c1ccncc1. The molecule has 11 nitrogen and oxygen atoms in total. The van der Waals surface area contributed by atoms with E-state index in [0.717, 1.165) is 31.6 Å². The van der Waals surface area contributed by atoms with E-state index < -0.39 is 0 Å². The number of nitrogens with one attached hydrogen (secondary N) is 4. The molecule has 4 N–H and O–H groups in total. The van der Waals surface area contributed by atoms with E-state index in [2.05, 4.69) is 40.1 Å². The van der Waals surface area contributed by atoms with Gasteiger partial charge in [-0.3, -0.25) is 19.5 Å². The fraction of sp³-hybridized carbons (Fsp3) is 0.778. The highest BCUT2D eigenvalue weighted by atomic mass is 32.2. The summed E-state index contributed by atoms with van der Waals surface area (Å²) >= 11 is 1.90. The quantitative estimate of drug-likeness (QED) is 0.0910. The second kappa shape index (κ2) is 43.7. The van der Waals surface area contributed by atoms with E-state index in [1.807, 2.05) is 90.4 Å². The number of urea groups is 1. The molecule has 1 aromatic rings. The van der Waals surface area contributed by atoms with Gasteiger partial charge in [0, 0.05) is 52.7 Å². The number of pyridine rings is 1. The fourth-order valence-corrected chi connectivity index (χ4v) is 5.48. The molecule has 2 aliphatic rings. The highest BCUT2D eigenvalue weighted by Crippen LogP contribution is 2.33. The van der Waals surface area contributed by atoms with E-state index in [-0.39, 0.29) is 38.3 Å². The maximum absolute atomic E-state index is 11.9. The molecule has 3 atom stereocenters. The van der Waals surface area contributed by atoms with Crippen molar-refractivity contribution in [1.29, 1.82) is 0 Å². The molecule has 3 unspecified atom stereocenters. The Morgan fingerprint density at radius 2 is 1.45 bits per heavy atom. The lowest BCUT2D eigenvalue weighted by atomic mass is 10.0. The first-order valence-electron chi connectivity index (χ1n) is 18.8. The van der Waals surface area contributed by atoms with Crippen LogP contribution in [0.2, 0.25) is 0 Å². The molecule has 0 aromatic carbocycles. The number of hydrogen-bond donors (Lipinski definition) is 4.